The molecule has 0 aliphatic heterocycles. The van der Waals surface area contributed by atoms with Gasteiger partial charge in [-0.2, -0.15) is 5.26 Å². The number of hydrogen-bond donors (Lipinski definition) is 0. The van der Waals surface area contributed by atoms with Gasteiger partial charge in [-0.1, -0.05) is 127 Å². The Balaban J connectivity index is 1.35. The highest BCUT2D eigenvalue weighted by atomic mass is 32.1. The van der Waals surface area contributed by atoms with Crippen molar-refractivity contribution in [3.05, 3.63) is 175 Å². The van der Waals surface area contributed by atoms with Crippen molar-refractivity contribution in [2.45, 2.75) is 0 Å². The average molecular weight is 633 g/mol. The lowest BCUT2D eigenvalue weighted by Gasteiger charge is -2.34. The molecule has 0 saturated heterocycles. The summed E-state index contributed by atoms with van der Waals surface area (Å²) in [7, 11) is -2.70. The molecule has 0 atom stereocenters. The van der Waals surface area contributed by atoms with E-state index in [1.807, 2.05) is 23.5 Å². The molecule has 0 aliphatic carbocycles. The van der Waals surface area contributed by atoms with Crippen LogP contribution in [0.5, 0.6) is 0 Å². The highest BCUT2D eigenvalue weighted by Gasteiger charge is 2.42. The first kappa shape index (κ1) is 27.6. The predicted molar refractivity (Wildman–Crippen MR) is 202 cm³/mol. The van der Waals surface area contributed by atoms with Crippen molar-refractivity contribution in [3.8, 4) is 11.8 Å². The predicted octanol–water partition coefficient (Wildman–Crippen LogP) is 8.40. The summed E-state index contributed by atoms with van der Waals surface area (Å²) in [6.45, 7) is 0. The van der Waals surface area contributed by atoms with Crippen molar-refractivity contribution in [1.29, 1.82) is 5.26 Å². The maximum absolute atomic E-state index is 9.63. The molecule has 9 rings (SSSR count). The molecule has 0 N–H and O–H groups in total. The first-order valence-electron chi connectivity index (χ1n) is 15.8. The van der Waals surface area contributed by atoms with Gasteiger partial charge in [0, 0.05) is 36.6 Å². The van der Waals surface area contributed by atoms with Gasteiger partial charge in [0.25, 0.3) is 0 Å². The van der Waals surface area contributed by atoms with Gasteiger partial charge in [0.15, 0.2) is 8.07 Å². The van der Waals surface area contributed by atoms with E-state index in [-0.39, 0.29) is 0 Å². The fourth-order valence-electron chi connectivity index (χ4n) is 7.57. The van der Waals surface area contributed by atoms with Crippen LogP contribution in [0.4, 0.5) is 0 Å². The van der Waals surface area contributed by atoms with Crippen LogP contribution in [-0.2, 0) is 0 Å². The summed E-state index contributed by atoms with van der Waals surface area (Å²) >= 11 is 1.91. The smallest absolute Gasteiger partial charge is 0.181 e. The zero-order valence-corrected chi connectivity index (χ0v) is 27.3. The molecule has 0 fully saturated rings. The number of benzene rings is 7. The van der Waals surface area contributed by atoms with E-state index in [4.69, 9.17) is 0 Å². The Hall–Kier alpha value is -5.73. The molecule has 0 saturated carbocycles. The highest BCUT2D eigenvalue weighted by molar-refractivity contribution is 7.30. The molecule has 7 aromatic carbocycles. The topological polar surface area (TPSA) is 28.7 Å². The quantitative estimate of drug-likeness (QED) is 0.138. The Bertz CT molecular complexity index is 2530. The lowest BCUT2D eigenvalue weighted by molar-refractivity contribution is 1.19. The molecule has 0 amide bonds. The van der Waals surface area contributed by atoms with Crippen LogP contribution in [0, 0.1) is 11.3 Å². The summed E-state index contributed by atoms with van der Waals surface area (Å²) in [5.41, 5.74) is 4.04. The van der Waals surface area contributed by atoms with Crippen molar-refractivity contribution < 1.29 is 0 Å². The standard InChI is InChI=1S/C43H28N2SSi/c44-29-30-23-25-40-37(27-30)35-19-10-11-21-39(35)45(40)31-24-26-41-38(28-31)36-20-12-22-42(43(36)46-41)47(32-13-4-1-5-14-32,33-15-6-2-7-16-33)34-17-8-3-9-18-34/h1-28H. The van der Waals surface area contributed by atoms with Crippen LogP contribution in [0.25, 0.3) is 47.7 Å². The summed E-state index contributed by atoms with van der Waals surface area (Å²) in [6, 6.07) is 64.1. The van der Waals surface area contributed by atoms with E-state index < -0.39 is 8.07 Å². The first-order valence-corrected chi connectivity index (χ1v) is 18.6. The van der Waals surface area contributed by atoms with Crippen LogP contribution in [0.1, 0.15) is 5.56 Å². The van der Waals surface area contributed by atoms with E-state index in [9.17, 15) is 5.26 Å². The summed E-state index contributed by atoms with van der Waals surface area (Å²) < 4.78 is 4.97. The summed E-state index contributed by atoms with van der Waals surface area (Å²) in [5, 5.41) is 20.0. The number of rotatable bonds is 5. The van der Waals surface area contributed by atoms with Gasteiger partial charge < -0.3 is 4.57 Å². The highest BCUT2D eigenvalue weighted by Crippen LogP contribution is 2.38. The Morgan fingerprint density at radius 1 is 0.489 bits per heavy atom. The maximum atomic E-state index is 9.63. The summed E-state index contributed by atoms with van der Waals surface area (Å²) in [6.07, 6.45) is 0. The molecule has 2 aromatic heterocycles. The van der Waals surface area contributed by atoms with Gasteiger partial charge in [0.05, 0.1) is 22.7 Å². The van der Waals surface area contributed by atoms with E-state index in [0.29, 0.717) is 5.56 Å². The van der Waals surface area contributed by atoms with Crippen molar-refractivity contribution in [3.63, 3.8) is 0 Å². The van der Waals surface area contributed by atoms with Crippen LogP contribution < -0.4 is 20.7 Å². The molecule has 4 heteroatoms. The van der Waals surface area contributed by atoms with E-state index >= 15 is 0 Å². The van der Waals surface area contributed by atoms with Gasteiger partial charge in [-0.15, -0.1) is 11.3 Å². The van der Waals surface area contributed by atoms with Crippen LogP contribution in [-0.4, -0.2) is 12.6 Å². The number of thiophene rings is 1. The second-order valence-electron chi connectivity index (χ2n) is 12.0. The number of nitrogens with zero attached hydrogens (tertiary/aromatic N) is 2. The molecule has 220 valence electrons. The Labute approximate surface area is 278 Å². The third kappa shape index (κ3) is 4.15. The third-order valence-corrected chi connectivity index (χ3v) is 15.8. The zero-order valence-electron chi connectivity index (χ0n) is 25.5. The zero-order chi connectivity index (χ0) is 31.4. The van der Waals surface area contributed by atoms with Crippen LogP contribution in [0.2, 0.25) is 0 Å². The van der Waals surface area contributed by atoms with Crippen molar-refractivity contribution in [2.75, 3.05) is 0 Å². The first-order chi connectivity index (χ1) is 23.3. The second-order valence-corrected chi connectivity index (χ2v) is 16.8. The molecular weight excluding hydrogens is 605 g/mol. The van der Waals surface area contributed by atoms with Crippen LogP contribution >= 0.6 is 11.3 Å². The summed E-state index contributed by atoms with van der Waals surface area (Å²) in [5.74, 6) is 0. The fourth-order valence-corrected chi connectivity index (χ4v) is 14.1. The molecular formula is C43H28N2SSi. The largest absolute Gasteiger partial charge is 0.309 e. The maximum Gasteiger partial charge on any atom is 0.181 e. The molecule has 0 spiro atoms. The minimum Gasteiger partial charge on any atom is -0.309 e. The molecule has 47 heavy (non-hydrogen) atoms. The Morgan fingerprint density at radius 3 is 1.74 bits per heavy atom. The van der Waals surface area contributed by atoms with Gasteiger partial charge in [0.2, 0.25) is 0 Å². The van der Waals surface area contributed by atoms with E-state index in [0.717, 1.165) is 27.5 Å². The number of hydrogen-bond acceptors (Lipinski definition) is 2. The number of fused-ring (bicyclic) bond motifs is 6. The molecule has 2 nitrogen and oxygen atoms in total. The van der Waals surface area contributed by atoms with E-state index in [2.05, 4.69) is 168 Å². The average Bonchev–Trinajstić information content (AvgIpc) is 3.69. The monoisotopic (exact) mass is 632 g/mol. The van der Waals surface area contributed by atoms with Crippen molar-refractivity contribution in [2.24, 2.45) is 0 Å². The van der Waals surface area contributed by atoms with Gasteiger partial charge in [-0.25, -0.2) is 0 Å². The van der Waals surface area contributed by atoms with Gasteiger partial charge in [-0.3, -0.25) is 0 Å². The van der Waals surface area contributed by atoms with Gasteiger partial charge >= 0.3 is 0 Å². The molecule has 0 aliphatic rings. The molecule has 9 aromatic rings. The number of para-hydroxylation sites is 1. The van der Waals surface area contributed by atoms with Gasteiger partial charge in [0.1, 0.15) is 0 Å². The minimum atomic E-state index is -2.70. The molecule has 0 radical (unpaired) electrons. The Morgan fingerprint density at radius 2 is 1.09 bits per heavy atom. The second kappa shape index (κ2) is 11.0. The lowest BCUT2D eigenvalue weighted by Crippen LogP contribution is -2.74. The minimum absolute atomic E-state index is 0.676. The summed E-state index contributed by atoms with van der Waals surface area (Å²) in [4.78, 5) is 0. The third-order valence-electron chi connectivity index (χ3n) is 9.56. The Kier molecular flexibility index (Phi) is 6.43. The molecule has 0 bridgehead atoms. The van der Waals surface area contributed by atoms with E-state index in [1.165, 1.54) is 40.9 Å². The van der Waals surface area contributed by atoms with Crippen LogP contribution in [0.15, 0.2) is 170 Å². The number of nitriles is 1. The van der Waals surface area contributed by atoms with E-state index in [1.54, 1.807) is 0 Å². The number of aromatic nitrogens is 1. The van der Waals surface area contributed by atoms with Gasteiger partial charge in [-0.05, 0) is 63.2 Å². The fraction of sp³-hybridized carbons (Fsp3) is 0. The SMILES string of the molecule is N#Cc1ccc2c(c1)c1ccccc1n2-c1ccc2sc3c([Si](c4ccccc4)(c4ccccc4)c4ccccc4)cccc3c2c1. The van der Waals surface area contributed by atoms with Crippen molar-refractivity contribution >= 4 is 82.1 Å². The molecule has 2 heterocycles. The van der Waals surface area contributed by atoms with Crippen LogP contribution in [0.3, 0.4) is 0 Å². The van der Waals surface area contributed by atoms with Crippen molar-refractivity contribution in [1.82, 2.24) is 4.57 Å². The molecule has 0 unspecified atom stereocenters. The lowest BCUT2D eigenvalue weighted by atomic mass is 10.1. The normalized spacial score (nSPS) is 11.8.